The van der Waals surface area contributed by atoms with Crippen LogP contribution >= 0.6 is 11.6 Å². The molecule has 0 saturated heterocycles. The fraction of sp³-hybridized carbons (Fsp3) is 0.429. The number of rotatable bonds is 8. The molecule has 1 aromatic rings. The fourth-order valence-electron chi connectivity index (χ4n) is 1.74. The SMILES string of the molecule is N#Cc1ccc(Cl)cc1NCCCCCCC(=O)O. The first kappa shape index (κ1) is 15.3. The van der Waals surface area contributed by atoms with Crippen LogP contribution in [0, 0.1) is 11.3 Å². The van der Waals surface area contributed by atoms with Crippen molar-refractivity contribution in [3.8, 4) is 6.07 Å². The number of unbranched alkanes of at least 4 members (excludes halogenated alkanes) is 3. The Morgan fingerprint density at radius 1 is 1.32 bits per heavy atom. The van der Waals surface area contributed by atoms with Gasteiger partial charge in [-0.15, -0.1) is 0 Å². The van der Waals surface area contributed by atoms with Crippen molar-refractivity contribution >= 4 is 23.3 Å². The standard InChI is InChI=1S/C14H17ClN2O2/c15-12-7-6-11(10-16)13(9-12)17-8-4-2-1-3-5-14(18)19/h6-7,9,17H,1-5,8H2,(H,18,19). The van der Waals surface area contributed by atoms with E-state index in [1.165, 1.54) is 0 Å². The second-order valence-corrected chi connectivity index (χ2v) is 4.72. The molecule has 0 fully saturated rings. The highest BCUT2D eigenvalue weighted by molar-refractivity contribution is 6.30. The van der Waals surface area contributed by atoms with E-state index in [2.05, 4.69) is 11.4 Å². The lowest BCUT2D eigenvalue weighted by Gasteiger charge is -2.08. The number of hydrogen-bond donors (Lipinski definition) is 2. The molecule has 0 unspecified atom stereocenters. The molecule has 102 valence electrons. The maximum absolute atomic E-state index is 10.3. The minimum absolute atomic E-state index is 0.236. The molecule has 0 saturated carbocycles. The highest BCUT2D eigenvalue weighted by Crippen LogP contribution is 2.20. The number of halogens is 1. The van der Waals surface area contributed by atoms with Crippen LogP contribution in [0.2, 0.25) is 5.02 Å². The summed E-state index contributed by atoms with van der Waals surface area (Å²) in [6, 6.07) is 7.23. The fourth-order valence-corrected chi connectivity index (χ4v) is 1.91. The lowest BCUT2D eigenvalue weighted by atomic mass is 10.1. The zero-order valence-electron chi connectivity index (χ0n) is 10.7. The molecule has 0 radical (unpaired) electrons. The molecule has 2 N–H and O–H groups in total. The number of carboxylic acid groups (broad SMARTS) is 1. The summed E-state index contributed by atoms with van der Waals surface area (Å²) in [6.07, 6.45) is 3.78. The van der Waals surface area contributed by atoms with Gasteiger partial charge in [-0.2, -0.15) is 5.26 Å². The van der Waals surface area contributed by atoms with Crippen LogP contribution in [-0.4, -0.2) is 17.6 Å². The Morgan fingerprint density at radius 3 is 2.74 bits per heavy atom. The first-order valence-electron chi connectivity index (χ1n) is 6.29. The summed E-state index contributed by atoms with van der Waals surface area (Å²) < 4.78 is 0. The van der Waals surface area contributed by atoms with E-state index in [0.717, 1.165) is 37.9 Å². The second kappa shape index (κ2) is 8.39. The van der Waals surface area contributed by atoms with Gasteiger partial charge in [0.2, 0.25) is 0 Å². The molecule has 0 bridgehead atoms. The largest absolute Gasteiger partial charge is 0.481 e. The molecule has 4 nitrogen and oxygen atoms in total. The first-order chi connectivity index (χ1) is 9.13. The smallest absolute Gasteiger partial charge is 0.303 e. The maximum atomic E-state index is 10.3. The van der Waals surface area contributed by atoms with E-state index in [1.807, 2.05) is 0 Å². The van der Waals surface area contributed by atoms with Gasteiger partial charge in [-0.1, -0.05) is 24.4 Å². The van der Waals surface area contributed by atoms with Crippen LogP contribution in [0.25, 0.3) is 0 Å². The van der Waals surface area contributed by atoms with Crippen molar-refractivity contribution < 1.29 is 9.90 Å². The predicted octanol–water partition coefficient (Wildman–Crippen LogP) is 3.66. The van der Waals surface area contributed by atoms with E-state index < -0.39 is 5.97 Å². The average molecular weight is 281 g/mol. The number of hydrogen-bond acceptors (Lipinski definition) is 3. The Morgan fingerprint density at radius 2 is 2.05 bits per heavy atom. The quantitative estimate of drug-likeness (QED) is 0.713. The van der Waals surface area contributed by atoms with Gasteiger partial charge in [0.1, 0.15) is 6.07 Å². The van der Waals surface area contributed by atoms with Crippen molar-refractivity contribution in [2.75, 3.05) is 11.9 Å². The van der Waals surface area contributed by atoms with Crippen LogP contribution in [0.1, 0.15) is 37.7 Å². The zero-order chi connectivity index (χ0) is 14.1. The molecule has 0 aliphatic heterocycles. The Bertz CT molecular complexity index is 469. The maximum Gasteiger partial charge on any atom is 0.303 e. The third kappa shape index (κ3) is 6.12. The third-order valence-electron chi connectivity index (χ3n) is 2.73. The monoisotopic (exact) mass is 280 g/mol. The molecule has 0 aliphatic rings. The number of carbonyl (C=O) groups is 1. The molecule has 0 spiro atoms. The topological polar surface area (TPSA) is 73.1 Å². The molecular weight excluding hydrogens is 264 g/mol. The summed E-state index contributed by atoms with van der Waals surface area (Å²) >= 11 is 5.88. The van der Waals surface area contributed by atoms with Gasteiger partial charge in [0.25, 0.3) is 0 Å². The van der Waals surface area contributed by atoms with Crippen LogP contribution < -0.4 is 5.32 Å². The van der Waals surface area contributed by atoms with E-state index in [1.54, 1.807) is 18.2 Å². The van der Waals surface area contributed by atoms with Gasteiger partial charge in [-0.25, -0.2) is 0 Å². The lowest BCUT2D eigenvalue weighted by Crippen LogP contribution is -2.03. The average Bonchev–Trinajstić information content (AvgIpc) is 2.37. The normalized spacial score (nSPS) is 9.89. The van der Waals surface area contributed by atoms with Crippen molar-refractivity contribution in [1.82, 2.24) is 0 Å². The summed E-state index contributed by atoms with van der Waals surface area (Å²) in [5.74, 6) is -0.740. The Kier molecular flexibility index (Phi) is 6.76. The van der Waals surface area contributed by atoms with Gasteiger partial charge in [0.15, 0.2) is 0 Å². The summed E-state index contributed by atoms with van der Waals surface area (Å²) in [4.78, 5) is 10.3. The number of nitrogens with one attached hydrogen (secondary N) is 1. The second-order valence-electron chi connectivity index (χ2n) is 4.29. The minimum atomic E-state index is -0.740. The minimum Gasteiger partial charge on any atom is -0.481 e. The number of carboxylic acids is 1. The van der Waals surface area contributed by atoms with Crippen molar-refractivity contribution in [1.29, 1.82) is 5.26 Å². The van der Waals surface area contributed by atoms with Crippen molar-refractivity contribution in [3.05, 3.63) is 28.8 Å². The molecular formula is C14H17ClN2O2. The summed E-state index contributed by atoms with van der Waals surface area (Å²) in [5, 5.41) is 21.2. The Balaban J connectivity index is 2.24. The predicted molar refractivity (Wildman–Crippen MR) is 75.4 cm³/mol. The molecule has 1 aromatic carbocycles. The van der Waals surface area contributed by atoms with Crippen LogP contribution in [0.5, 0.6) is 0 Å². The molecule has 0 amide bonds. The van der Waals surface area contributed by atoms with Crippen LogP contribution in [0.15, 0.2) is 18.2 Å². The highest BCUT2D eigenvalue weighted by Gasteiger charge is 2.02. The molecule has 19 heavy (non-hydrogen) atoms. The van der Waals surface area contributed by atoms with E-state index in [-0.39, 0.29) is 6.42 Å². The van der Waals surface area contributed by atoms with Gasteiger partial charge in [-0.3, -0.25) is 4.79 Å². The summed E-state index contributed by atoms with van der Waals surface area (Å²) in [5.41, 5.74) is 1.33. The molecule has 0 heterocycles. The van der Waals surface area contributed by atoms with Crippen LogP contribution in [0.3, 0.4) is 0 Å². The van der Waals surface area contributed by atoms with E-state index in [4.69, 9.17) is 22.0 Å². The highest BCUT2D eigenvalue weighted by atomic mass is 35.5. The molecule has 5 heteroatoms. The summed E-state index contributed by atoms with van der Waals surface area (Å²) in [7, 11) is 0. The van der Waals surface area contributed by atoms with Gasteiger partial charge in [0.05, 0.1) is 11.3 Å². The van der Waals surface area contributed by atoms with Crippen molar-refractivity contribution in [2.24, 2.45) is 0 Å². The summed E-state index contributed by atoms with van der Waals surface area (Å²) in [6.45, 7) is 0.752. The number of aliphatic carboxylic acids is 1. The molecule has 0 aliphatic carbocycles. The van der Waals surface area contributed by atoms with E-state index in [0.29, 0.717) is 10.6 Å². The molecule has 0 aromatic heterocycles. The van der Waals surface area contributed by atoms with Gasteiger partial charge in [0, 0.05) is 18.0 Å². The number of nitrogens with zero attached hydrogens (tertiary/aromatic N) is 1. The van der Waals surface area contributed by atoms with Crippen LogP contribution in [0.4, 0.5) is 5.69 Å². The first-order valence-corrected chi connectivity index (χ1v) is 6.66. The zero-order valence-corrected chi connectivity index (χ0v) is 11.4. The number of nitriles is 1. The van der Waals surface area contributed by atoms with Gasteiger partial charge in [-0.05, 0) is 31.0 Å². The third-order valence-corrected chi connectivity index (χ3v) is 2.97. The van der Waals surface area contributed by atoms with E-state index >= 15 is 0 Å². The van der Waals surface area contributed by atoms with Crippen LogP contribution in [-0.2, 0) is 4.79 Å². The van der Waals surface area contributed by atoms with Gasteiger partial charge >= 0.3 is 5.97 Å². The lowest BCUT2D eigenvalue weighted by molar-refractivity contribution is -0.137. The van der Waals surface area contributed by atoms with Crippen molar-refractivity contribution in [2.45, 2.75) is 32.1 Å². The Hall–Kier alpha value is -1.73. The molecule has 0 atom stereocenters. The number of benzene rings is 1. The molecule has 1 rings (SSSR count). The van der Waals surface area contributed by atoms with Crippen molar-refractivity contribution in [3.63, 3.8) is 0 Å². The number of anilines is 1. The van der Waals surface area contributed by atoms with Gasteiger partial charge < -0.3 is 10.4 Å². The van der Waals surface area contributed by atoms with E-state index in [9.17, 15) is 4.79 Å². The Labute approximate surface area is 118 Å².